The highest BCUT2D eigenvalue weighted by atomic mass is 16.6. The van der Waals surface area contributed by atoms with Crippen LogP contribution < -0.4 is 20.9 Å². The molecule has 0 aliphatic rings. The molecule has 0 aliphatic carbocycles. The Morgan fingerprint density at radius 1 is 0.938 bits per heavy atom. The molecule has 0 bridgehead atoms. The van der Waals surface area contributed by atoms with Gasteiger partial charge in [-0.15, -0.1) is 0 Å². The summed E-state index contributed by atoms with van der Waals surface area (Å²) in [6, 6.07) is 10.2. The number of amides is 2. The summed E-state index contributed by atoms with van der Waals surface area (Å²) in [6.07, 6.45) is 1.18. The molecule has 0 heterocycles. The van der Waals surface area contributed by atoms with Crippen LogP contribution >= 0.6 is 0 Å². The summed E-state index contributed by atoms with van der Waals surface area (Å²) in [5, 5.41) is 9.23. The van der Waals surface area contributed by atoms with Gasteiger partial charge in [0, 0.05) is 53.0 Å². The van der Waals surface area contributed by atoms with Gasteiger partial charge in [0.2, 0.25) is 5.91 Å². The first kappa shape index (κ1) is 27.1. The average Bonchev–Trinajstić information content (AvgIpc) is 2.72. The number of rotatable bonds is 11. The topological polar surface area (TPSA) is 98.3 Å². The fourth-order valence-corrected chi connectivity index (χ4v) is 2.60. The molecule has 0 fully saturated rings. The molecule has 2 amide bonds. The normalized spacial score (nSPS) is 11.5. The number of carbonyl (C=O) groups is 2. The fourth-order valence-electron chi connectivity index (χ4n) is 2.60. The smallest absolute Gasteiger partial charge is 0.407 e. The fraction of sp³-hybridized carbons (Fsp3) is 0.609. The third-order valence-electron chi connectivity index (χ3n) is 4.35. The number of para-hydroxylation sites is 1. The molecule has 0 spiro atoms. The van der Waals surface area contributed by atoms with E-state index in [2.05, 4.69) is 45.0 Å². The van der Waals surface area contributed by atoms with E-state index in [4.69, 9.17) is 4.74 Å². The molecule has 1 rings (SSSR count). The highest BCUT2D eigenvalue weighted by Gasteiger charge is 2.15. The number of nitrogens with zero attached hydrogens (tertiary/aromatic N) is 3. The lowest BCUT2D eigenvalue weighted by molar-refractivity contribution is -0.127. The van der Waals surface area contributed by atoms with E-state index in [9.17, 15) is 9.59 Å². The van der Waals surface area contributed by atoms with Crippen molar-refractivity contribution in [1.29, 1.82) is 0 Å². The van der Waals surface area contributed by atoms with Gasteiger partial charge < -0.3 is 30.5 Å². The van der Waals surface area contributed by atoms with Crippen LogP contribution in [0.4, 0.5) is 10.5 Å². The van der Waals surface area contributed by atoms with Gasteiger partial charge in [0.15, 0.2) is 5.96 Å². The molecule has 0 aliphatic heterocycles. The number of aliphatic imine (C=N–C) groups is 1. The van der Waals surface area contributed by atoms with Crippen molar-refractivity contribution in [3.05, 3.63) is 30.3 Å². The molecule has 3 N–H and O–H groups in total. The van der Waals surface area contributed by atoms with Gasteiger partial charge in [-0.2, -0.15) is 0 Å². The number of carbonyl (C=O) groups excluding carboxylic acids is 2. The molecule has 1 aromatic carbocycles. The molecule has 180 valence electrons. The summed E-state index contributed by atoms with van der Waals surface area (Å²) in [7, 11) is 5.48. The van der Waals surface area contributed by atoms with Gasteiger partial charge in [-0.25, -0.2) is 9.79 Å². The lowest BCUT2D eigenvalue weighted by Crippen LogP contribution is -2.41. The number of hydrogen-bond donors (Lipinski definition) is 3. The molecule has 9 nitrogen and oxygen atoms in total. The lowest BCUT2D eigenvalue weighted by atomic mass is 10.2. The zero-order chi connectivity index (χ0) is 24.0. The van der Waals surface area contributed by atoms with Crippen molar-refractivity contribution < 1.29 is 14.3 Å². The van der Waals surface area contributed by atoms with Crippen LogP contribution in [0.1, 0.15) is 33.6 Å². The number of ether oxygens (including phenoxy) is 1. The monoisotopic (exact) mass is 448 g/mol. The number of guanidine groups is 1. The average molecular weight is 449 g/mol. The Morgan fingerprint density at radius 3 is 2.12 bits per heavy atom. The van der Waals surface area contributed by atoms with Crippen molar-refractivity contribution in [3.63, 3.8) is 0 Å². The minimum absolute atomic E-state index is 0.0681. The lowest BCUT2D eigenvalue weighted by Gasteiger charge is -2.20. The van der Waals surface area contributed by atoms with E-state index in [1.807, 2.05) is 39.0 Å². The number of nitrogens with one attached hydrogen (secondary N) is 3. The second-order valence-corrected chi connectivity index (χ2v) is 8.70. The van der Waals surface area contributed by atoms with Crippen LogP contribution in [-0.2, 0) is 9.53 Å². The third-order valence-corrected chi connectivity index (χ3v) is 4.35. The van der Waals surface area contributed by atoms with E-state index in [1.165, 1.54) is 10.6 Å². The van der Waals surface area contributed by atoms with Crippen molar-refractivity contribution in [1.82, 2.24) is 20.9 Å². The molecule has 0 radical (unpaired) electrons. The van der Waals surface area contributed by atoms with E-state index in [0.29, 0.717) is 25.5 Å². The summed E-state index contributed by atoms with van der Waals surface area (Å²) in [4.78, 5) is 31.7. The van der Waals surface area contributed by atoms with Gasteiger partial charge in [-0.05, 0) is 45.7 Å². The zero-order valence-corrected chi connectivity index (χ0v) is 20.4. The third kappa shape index (κ3) is 12.7. The summed E-state index contributed by atoms with van der Waals surface area (Å²) in [5.41, 5.74) is 0.660. The Bertz CT molecular complexity index is 716. The molecule has 1 aromatic rings. The molecule has 0 aromatic heterocycles. The van der Waals surface area contributed by atoms with E-state index in [-0.39, 0.29) is 12.5 Å². The number of alkyl carbamates (subject to hydrolysis) is 1. The van der Waals surface area contributed by atoms with Crippen molar-refractivity contribution in [2.45, 2.75) is 39.2 Å². The minimum Gasteiger partial charge on any atom is -0.444 e. The van der Waals surface area contributed by atoms with Crippen LogP contribution in [0.3, 0.4) is 0 Å². The van der Waals surface area contributed by atoms with Gasteiger partial charge in [0.1, 0.15) is 12.1 Å². The Labute approximate surface area is 192 Å². The number of anilines is 1. The van der Waals surface area contributed by atoms with Gasteiger partial charge in [-0.1, -0.05) is 18.2 Å². The summed E-state index contributed by atoms with van der Waals surface area (Å²) < 4.78 is 5.22. The standard InChI is InChI=1S/C23H40N6O3/c1-23(2,3)32-22(31)26-15-10-14-24-21(27-18-20(30)28(4)5)25-16-11-17-29(6)19-12-8-7-9-13-19/h7-9,12-13H,10-11,14-18H2,1-6H3,(H,26,31)(H2,24,25,27). The number of benzene rings is 1. The quantitative estimate of drug-likeness (QED) is 0.272. The Balaban J connectivity index is 2.41. The van der Waals surface area contributed by atoms with Crippen LogP contribution in [0.25, 0.3) is 0 Å². The van der Waals surface area contributed by atoms with Crippen LogP contribution in [0, 0.1) is 0 Å². The summed E-state index contributed by atoms with van der Waals surface area (Å²) >= 11 is 0. The Kier molecular flexibility index (Phi) is 12.0. The van der Waals surface area contributed by atoms with Crippen LogP contribution in [-0.4, -0.2) is 82.3 Å². The molecule has 9 heteroatoms. The van der Waals surface area contributed by atoms with Crippen molar-refractivity contribution >= 4 is 23.6 Å². The van der Waals surface area contributed by atoms with Crippen molar-refractivity contribution in [2.75, 3.05) is 58.8 Å². The molecule has 0 atom stereocenters. The Morgan fingerprint density at radius 2 is 1.53 bits per heavy atom. The number of likely N-dealkylation sites (N-methyl/N-ethyl adjacent to an activating group) is 1. The predicted octanol–water partition coefficient (Wildman–Crippen LogP) is 2.05. The van der Waals surface area contributed by atoms with E-state index in [0.717, 1.165) is 19.5 Å². The molecular formula is C23H40N6O3. The van der Waals surface area contributed by atoms with Crippen LogP contribution in [0.15, 0.2) is 35.3 Å². The summed E-state index contributed by atoms with van der Waals surface area (Å²) in [6.45, 7) is 8.24. The van der Waals surface area contributed by atoms with Crippen molar-refractivity contribution in [3.8, 4) is 0 Å². The molecule has 0 saturated heterocycles. The maximum atomic E-state index is 11.9. The zero-order valence-electron chi connectivity index (χ0n) is 20.4. The van der Waals surface area contributed by atoms with Crippen molar-refractivity contribution in [2.24, 2.45) is 4.99 Å². The Hall–Kier alpha value is -2.97. The molecule has 0 unspecified atom stereocenters. The SMILES string of the molecule is CN(C)C(=O)CN=C(NCCCNC(=O)OC(C)(C)C)NCCCN(C)c1ccccc1. The second kappa shape index (κ2) is 14.2. The van der Waals surface area contributed by atoms with Crippen LogP contribution in [0.2, 0.25) is 0 Å². The first-order chi connectivity index (χ1) is 15.1. The first-order valence-electron chi connectivity index (χ1n) is 11.0. The van der Waals surface area contributed by atoms with Gasteiger partial charge in [0.25, 0.3) is 0 Å². The van der Waals surface area contributed by atoms with Gasteiger partial charge in [0.05, 0.1) is 0 Å². The maximum Gasteiger partial charge on any atom is 0.407 e. The summed E-state index contributed by atoms with van der Waals surface area (Å²) in [5.74, 6) is 0.515. The maximum absolute atomic E-state index is 11.9. The van der Waals surface area contributed by atoms with E-state index < -0.39 is 11.7 Å². The second-order valence-electron chi connectivity index (χ2n) is 8.70. The van der Waals surface area contributed by atoms with E-state index in [1.54, 1.807) is 14.1 Å². The van der Waals surface area contributed by atoms with Gasteiger partial charge >= 0.3 is 6.09 Å². The van der Waals surface area contributed by atoms with E-state index >= 15 is 0 Å². The molecular weight excluding hydrogens is 408 g/mol. The minimum atomic E-state index is -0.514. The molecule has 0 saturated carbocycles. The largest absolute Gasteiger partial charge is 0.444 e. The predicted molar refractivity (Wildman–Crippen MR) is 130 cm³/mol. The highest BCUT2D eigenvalue weighted by molar-refractivity contribution is 5.84. The highest BCUT2D eigenvalue weighted by Crippen LogP contribution is 2.10. The number of hydrogen-bond acceptors (Lipinski definition) is 5. The molecule has 32 heavy (non-hydrogen) atoms. The first-order valence-corrected chi connectivity index (χ1v) is 11.0. The van der Waals surface area contributed by atoms with Gasteiger partial charge in [-0.3, -0.25) is 4.79 Å². The van der Waals surface area contributed by atoms with Crippen LogP contribution in [0.5, 0.6) is 0 Å².